The molecule has 1 aromatic rings. The van der Waals surface area contributed by atoms with Gasteiger partial charge >= 0.3 is 0 Å². The van der Waals surface area contributed by atoms with Gasteiger partial charge < -0.3 is 10.2 Å². The second kappa shape index (κ2) is 10.6. The Morgan fingerprint density at radius 1 is 1.10 bits per heavy atom. The van der Waals surface area contributed by atoms with Crippen LogP contribution in [-0.4, -0.2) is 62.3 Å². The summed E-state index contributed by atoms with van der Waals surface area (Å²) in [5.41, 5.74) is 0. The summed E-state index contributed by atoms with van der Waals surface area (Å²) in [6.45, 7) is 6.01. The van der Waals surface area contributed by atoms with Crippen molar-refractivity contribution in [1.29, 1.82) is 0 Å². The van der Waals surface area contributed by atoms with E-state index >= 15 is 0 Å². The average Bonchev–Trinajstić information content (AvgIpc) is 2.75. The molecule has 1 N–H and O–H groups in total. The van der Waals surface area contributed by atoms with Gasteiger partial charge in [-0.2, -0.15) is 4.31 Å². The highest BCUT2D eigenvalue weighted by Gasteiger charge is 2.34. The molecule has 0 unspecified atom stereocenters. The molecule has 30 heavy (non-hydrogen) atoms. The zero-order valence-electron chi connectivity index (χ0n) is 17.4. The van der Waals surface area contributed by atoms with Crippen LogP contribution in [0.2, 0.25) is 10.0 Å². The van der Waals surface area contributed by atoms with Gasteiger partial charge in [0.15, 0.2) is 0 Å². The molecular formula is C21H31Cl2N3O3S. The number of halogens is 2. The van der Waals surface area contributed by atoms with Crippen LogP contribution in [-0.2, 0) is 14.8 Å². The largest absolute Gasteiger partial charge is 0.353 e. The molecule has 6 nitrogen and oxygen atoms in total. The molecule has 168 valence electrons. The van der Waals surface area contributed by atoms with Gasteiger partial charge in [-0.3, -0.25) is 4.79 Å². The number of amides is 1. The van der Waals surface area contributed by atoms with Gasteiger partial charge in [0.05, 0.1) is 5.02 Å². The van der Waals surface area contributed by atoms with Crippen molar-refractivity contribution in [1.82, 2.24) is 14.5 Å². The highest BCUT2D eigenvalue weighted by Crippen LogP contribution is 2.30. The maximum atomic E-state index is 12.9. The molecule has 1 amide bonds. The highest BCUT2D eigenvalue weighted by atomic mass is 35.5. The molecule has 2 aliphatic rings. The lowest BCUT2D eigenvalue weighted by atomic mass is 9.96. The number of rotatable bonds is 7. The molecular weight excluding hydrogens is 445 g/mol. The maximum Gasteiger partial charge on any atom is 0.244 e. The minimum atomic E-state index is -3.73. The van der Waals surface area contributed by atoms with Crippen LogP contribution in [0, 0.1) is 5.92 Å². The summed E-state index contributed by atoms with van der Waals surface area (Å²) in [5.74, 6) is -0.0933. The Kier molecular flexibility index (Phi) is 8.44. The van der Waals surface area contributed by atoms with E-state index < -0.39 is 10.0 Å². The molecule has 3 rings (SSSR count). The Morgan fingerprint density at radius 3 is 2.40 bits per heavy atom. The van der Waals surface area contributed by atoms with Crippen LogP contribution in [0.1, 0.15) is 45.4 Å². The Morgan fingerprint density at radius 2 is 1.77 bits per heavy atom. The van der Waals surface area contributed by atoms with Gasteiger partial charge in [0.25, 0.3) is 0 Å². The summed E-state index contributed by atoms with van der Waals surface area (Å²) < 4.78 is 27.3. The third-order valence-electron chi connectivity index (χ3n) is 6.10. The van der Waals surface area contributed by atoms with Crippen molar-refractivity contribution in [2.24, 2.45) is 5.92 Å². The quantitative estimate of drug-likeness (QED) is 0.651. The predicted octanol–water partition coefficient (Wildman–Crippen LogP) is 3.77. The summed E-state index contributed by atoms with van der Waals surface area (Å²) in [5, 5.41) is 3.68. The predicted molar refractivity (Wildman–Crippen MR) is 120 cm³/mol. The topological polar surface area (TPSA) is 69.7 Å². The molecule has 0 radical (unpaired) electrons. The van der Waals surface area contributed by atoms with Crippen molar-refractivity contribution in [2.75, 3.05) is 32.7 Å². The van der Waals surface area contributed by atoms with Crippen molar-refractivity contribution in [3.05, 3.63) is 28.2 Å². The molecule has 0 aromatic heterocycles. The van der Waals surface area contributed by atoms with Gasteiger partial charge in [-0.1, -0.05) is 36.5 Å². The molecule has 2 fully saturated rings. The van der Waals surface area contributed by atoms with Crippen LogP contribution < -0.4 is 5.32 Å². The standard InChI is InChI=1S/C21H31Cl2N3O3S/c1-2-3-10-25-11-8-18(9-12-25)24-21(27)16-6-13-26(14-7-16)30(28,29)20-15-17(22)4-5-19(20)23/h4-5,15-16,18H,2-3,6-14H2,1H3,(H,24,27). The van der Waals surface area contributed by atoms with Crippen molar-refractivity contribution < 1.29 is 13.2 Å². The maximum absolute atomic E-state index is 12.9. The highest BCUT2D eigenvalue weighted by molar-refractivity contribution is 7.89. The molecule has 2 heterocycles. The van der Waals surface area contributed by atoms with E-state index in [1.54, 1.807) is 6.07 Å². The van der Waals surface area contributed by atoms with Crippen molar-refractivity contribution in [2.45, 2.75) is 56.4 Å². The molecule has 0 atom stereocenters. The van der Waals surface area contributed by atoms with Gasteiger partial charge in [0.2, 0.25) is 15.9 Å². The monoisotopic (exact) mass is 475 g/mol. The van der Waals surface area contributed by atoms with Crippen molar-refractivity contribution >= 4 is 39.1 Å². The number of carbonyl (C=O) groups is 1. The van der Waals surface area contributed by atoms with Crippen LogP contribution in [0.15, 0.2) is 23.1 Å². The van der Waals surface area contributed by atoms with Crippen LogP contribution in [0.5, 0.6) is 0 Å². The van der Waals surface area contributed by atoms with E-state index in [4.69, 9.17) is 23.2 Å². The molecule has 9 heteroatoms. The summed E-state index contributed by atoms with van der Waals surface area (Å²) in [6.07, 6.45) is 5.41. The number of sulfonamides is 1. The fourth-order valence-electron chi connectivity index (χ4n) is 4.17. The van der Waals surface area contributed by atoms with E-state index in [0.717, 1.165) is 32.5 Å². The Labute approximate surface area is 189 Å². The van der Waals surface area contributed by atoms with E-state index in [9.17, 15) is 13.2 Å². The number of nitrogens with zero attached hydrogens (tertiary/aromatic N) is 2. The normalized spacial score (nSPS) is 20.4. The number of likely N-dealkylation sites (tertiary alicyclic amines) is 1. The average molecular weight is 476 g/mol. The third-order valence-corrected chi connectivity index (χ3v) is 8.71. The van der Waals surface area contributed by atoms with Crippen LogP contribution in [0.4, 0.5) is 0 Å². The molecule has 2 saturated heterocycles. The van der Waals surface area contributed by atoms with Gasteiger partial charge in [-0.05, 0) is 56.8 Å². The number of piperidine rings is 2. The number of unbranched alkanes of at least 4 members (excludes halogenated alkanes) is 1. The third kappa shape index (κ3) is 5.88. The molecule has 0 aliphatic carbocycles. The zero-order valence-corrected chi connectivity index (χ0v) is 19.8. The van der Waals surface area contributed by atoms with E-state index in [0.29, 0.717) is 31.0 Å². The zero-order chi connectivity index (χ0) is 21.7. The van der Waals surface area contributed by atoms with Crippen molar-refractivity contribution in [3.8, 4) is 0 Å². The van der Waals surface area contributed by atoms with Crippen LogP contribution in [0.3, 0.4) is 0 Å². The first-order chi connectivity index (χ1) is 14.3. The van der Waals surface area contributed by atoms with Crippen LogP contribution >= 0.6 is 23.2 Å². The molecule has 0 bridgehead atoms. The molecule has 0 saturated carbocycles. The number of benzene rings is 1. The smallest absolute Gasteiger partial charge is 0.244 e. The van der Waals surface area contributed by atoms with Gasteiger partial charge in [0, 0.05) is 43.2 Å². The first-order valence-electron chi connectivity index (χ1n) is 10.8. The van der Waals surface area contributed by atoms with E-state index in [2.05, 4.69) is 17.1 Å². The summed E-state index contributed by atoms with van der Waals surface area (Å²) in [6, 6.07) is 4.66. The number of carbonyl (C=O) groups excluding carboxylic acids is 1. The molecule has 0 spiro atoms. The minimum absolute atomic E-state index is 0.0226. The Hall–Kier alpha value is -0.860. The van der Waals surface area contributed by atoms with Crippen LogP contribution in [0.25, 0.3) is 0 Å². The van der Waals surface area contributed by atoms with E-state index in [1.807, 2.05) is 0 Å². The lowest BCUT2D eigenvalue weighted by Crippen LogP contribution is -2.48. The number of nitrogens with one attached hydrogen (secondary N) is 1. The van der Waals surface area contributed by atoms with E-state index in [-0.39, 0.29) is 27.8 Å². The SMILES string of the molecule is CCCCN1CCC(NC(=O)C2CCN(S(=O)(=O)c3cc(Cl)ccc3Cl)CC2)CC1. The van der Waals surface area contributed by atoms with E-state index in [1.165, 1.54) is 29.3 Å². The minimum Gasteiger partial charge on any atom is -0.353 e. The lowest BCUT2D eigenvalue weighted by Gasteiger charge is -2.34. The molecule has 1 aromatic carbocycles. The molecule has 2 aliphatic heterocycles. The summed E-state index contributed by atoms with van der Waals surface area (Å²) >= 11 is 12.0. The van der Waals surface area contributed by atoms with Gasteiger partial charge in [-0.15, -0.1) is 0 Å². The second-order valence-corrected chi connectivity index (χ2v) is 11.0. The second-order valence-electron chi connectivity index (χ2n) is 8.23. The lowest BCUT2D eigenvalue weighted by molar-refractivity contribution is -0.127. The first kappa shape index (κ1) is 23.8. The summed E-state index contributed by atoms with van der Waals surface area (Å²) in [7, 11) is -3.73. The fourth-order valence-corrected chi connectivity index (χ4v) is 6.38. The Balaban J connectivity index is 1.49. The first-order valence-corrected chi connectivity index (χ1v) is 13.0. The Bertz CT molecular complexity index is 834. The van der Waals surface area contributed by atoms with Crippen molar-refractivity contribution in [3.63, 3.8) is 0 Å². The number of hydrogen-bond acceptors (Lipinski definition) is 4. The van der Waals surface area contributed by atoms with Gasteiger partial charge in [0.1, 0.15) is 4.90 Å². The van der Waals surface area contributed by atoms with Gasteiger partial charge in [-0.25, -0.2) is 8.42 Å². The summed E-state index contributed by atoms with van der Waals surface area (Å²) in [4.78, 5) is 15.2. The fraction of sp³-hybridized carbons (Fsp3) is 0.667. The number of hydrogen-bond donors (Lipinski definition) is 1.